The fraction of sp³-hybridized carbons (Fsp3) is 0.417. The van der Waals surface area contributed by atoms with Crippen LogP contribution in [0.3, 0.4) is 0 Å². The molecular formula is C24H27N5O2S. The zero-order valence-electron chi connectivity index (χ0n) is 18.3. The summed E-state index contributed by atoms with van der Waals surface area (Å²) >= 11 is 1.74. The molecule has 166 valence electrons. The summed E-state index contributed by atoms with van der Waals surface area (Å²) in [5, 5.41) is 9.64. The number of benzene rings is 1. The van der Waals surface area contributed by atoms with Crippen molar-refractivity contribution in [2.75, 3.05) is 5.75 Å². The zero-order valence-corrected chi connectivity index (χ0v) is 19.1. The van der Waals surface area contributed by atoms with Crippen molar-refractivity contribution < 1.29 is 4.52 Å². The van der Waals surface area contributed by atoms with Crippen molar-refractivity contribution >= 4 is 11.8 Å². The lowest BCUT2D eigenvalue weighted by molar-refractivity contribution is 0.377. The van der Waals surface area contributed by atoms with Crippen LogP contribution in [-0.4, -0.2) is 30.2 Å². The molecule has 32 heavy (non-hydrogen) atoms. The molecule has 0 bridgehead atoms. The van der Waals surface area contributed by atoms with E-state index in [4.69, 9.17) is 9.51 Å². The van der Waals surface area contributed by atoms with E-state index in [0.717, 1.165) is 78.8 Å². The summed E-state index contributed by atoms with van der Waals surface area (Å²) in [7, 11) is 0. The quantitative estimate of drug-likeness (QED) is 0.234. The highest BCUT2D eigenvalue weighted by Gasteiger charge is 2.27. The second-order valence-electron chi connectivity index (χ2n) is 8.14. The van der Waals surface area contributed by atoms with Crippen LogP contribution in [0.15, 0.2) is 50.9 Å². The maximum atomic E-state index is 13.3. The molecule has 0 unspecified atom stereocenters. The molecule has 5 rings (SSSR count). The average molecular weight is 450 g/mol. The van der Waals surface area contributed by atoms with Gasteiger partial charge in [-0.25, -0.2) is 4.98 Å². The van der Waals surface area contributed by atoms with Gasteiger partial charge in [0.15, 0.2) is 11.0 Å². The van der Waals surface area contributed by atoms with Crippen LogP contribution >= 0.6 is 11.8 Å². The average Bonchev–Trinajstić information content (AvgIpc) is 3.33. The Morgan fingerprint density at radius 1 is 1.16 bits per heavy atom. The van der Waals surface area contributed by atoms with Crippen molar-refractivity contribution in [3.05, 3.63) is 63.9 Å². The molecule has 1 aromatic carbocycles. The van der Waals surface area contributed by atoms with Gasteiger partial charge < -0.3 is 9.09 Å². The van der Waals surface area contributed by atoms with Crippen molar-refractivity contribution in [2.24, 2.45) is 0 Å². The van der Waals surface area contributed by atoms with Gasteiger partial charge in [-0.15, -0.1) is 5.10 Å². The lowest BCUT2D eigenvalue weighted by Crippen LogP contribution is -2.19. The summed E-state index contributed by atoms with van der Waals surface area (Å²) in [6.45, 7) is 2.98. The Balaban J connectivity index is 1.44. The van der Waals surface area contributed by atoms with E-state index in [-0.39, 0.29) is 5.56 Å². The molecule has 0 spiro atoms. The molecule has 4 heterocycles. The van der Waals surface area contributed by atoms with Crippen molar-refractivity contribution in [1.29, 1.82) is 0 Å². The third-order valence-corrected chi connectivity index (χ3v) is 7.00. The molecule has 0 radical (unpaired) electrons. The highest BCUT2D eigenvalue weighted by molar-refractivity contribution is 7.99. The molecule has 0 saturated heterocycles. The highest BCUT2D eigenvalue weighted by atomic mass is 32.2. The van der Waals surface area contributed by atoms with Gasteiger partial charge in [0, 0.05) is 30.5 Å². The summed E-state index contributed by atoms with van der Waals surface area (Å²) in [4.78, 5) is 18.1. The standard InChI is InChI=1S/C24H27N5O2S/c1-2-17-16-19(31-27-17)12-9-15-32-24-25-22-21(20-13-7-4-8-14-28(20)24)23(30)29(26-22)18-10-5-3-6-11-18/h3,5-6,10-11,16H,2,4,7-9,12-15H2,1H3. The molecule has 0 aliphatic carbocycles. The lowest BCUT2D eigenvalue weighted by Gasteiger charge is -2.17. The van der Waals surface area contributed by atoms with Gasteiger partial charge in [0.2, 0.25) is 0 Å². The van der Waals surface area contributed by atoms with Crippen LogP contribution in [0.2, 0.25) is 0 Å². The van der Waals surface area contributed by atoms with E-state index in [2.05, 4.69) is 21.7 Å². The first-order valence-electron chi connectivity index (χ1n) is 11.4. The van der Waals surface area contributed by atoms with Gasteiger partial charge in [-0.3, -0.25) is 4.79 Å². The maximum Gasteiger partial charge on any atom is 0.284 e. The van der Waals surface area contributed by atoms with E-state index in [1.165, 1.54) is 11.1 Å². The third-order valence-electron chi connectivity index (χ3n) is 5.94. The molecule has 7 nitrogen and oxygen atoms in total. The maximum absolute atomic E-state index is 13.3. The normalized spacial score (nSPS) is 13.9. The van der Waals surface area contributed by atoms with Gasteiger partial charge in [0.1, 0.15) is 11.3 Å². The molecule has 0 fully saturated rings. The Hall–Kier alpha value is -2.87. The van der Waals surface area contributed by atoms with E-state index in [9.17, 15) is 4.79 Å². The summed E-state index contributed by atoms with van der Waals surface area (Å²) in [6, 6.07) is 11.6. The smallest absolute Gasteiger partial charge is 0.284 e. The molecule has 0 N–H and O–H groups in total. The Labute approximate surface area is 191 Å². The van der Waals surface area contributed by atoms with Crippen molar-refractivity contribution in [3.63, 3.8) is 0 Å². The van der Waals surface area contributed by atoms with E-state index >= 15 is 0 Å². The fourth-order valence-corrected chi connectivity index (χ4v) is 5.24. The largest absolute Gasteiger partial charge is 0.361 e. The summed E-state index contributed by atoms with van der Waals surface area (Å²) in [6.07, 6.45) is 6.98. The Morgan fingerprint density at radius 2 is 2.03 bits per heavy atom. The van der Waals surface area contributed by atoms with Gasteiger partial charge in [-0.05, 0) is 44.2 Å². The van der Waals surface area contributed by atoms with Crippen molar-refractivity contribution in [2.45, 2.75) is 63.6 Å². The van der Waals surface area contributed by atoms with Crippen LogP contribution in [0.25, 0.3) is 17.1 Å². The number of nitrogens with zero attached hydrogens (tertiary/aromatic N) is 5. The van der Waals surface area contributed by atoms with Gasteiger partial charge in [0.25, 0.3) is 5.56 Å². The highest BCUT2D eigenvalue weighted by Crippen LogP contribution is 2.30. The first kappa shape index (κ1) is 21.0. The predicted molar refractivity (Wildman–Crippen MR) is 125 cm³/mol. The molecule has 0 saturated carbocycles. The molecule has 3 aliphatic heterocycles. The van der Waals surface area contributed by atoms with Crippen LogP contribution in [0.1, 0.15) is 49.8 Å². The molecule has 8 heteroatoms. The zero-order chi connectivity index (χ0) is 21.9. The summed E-state index contributed by atoms with van der Waals surface area (Å²) < 4.78 is 9.16. The predicted octanol–water partition coefficient (Wildman–Crippen LogP) is 4.54. The fourth-order valence-electron chi connectivity index (χ4n) is 4.26. The molecular weight excluding hydrogens is 422 g/mol. The second-order valence-corrected chi connectivity index (χ2v) is 9.21. The Bertz CT molecular complexity index is 1230. The second kappa shape index (κ2) is 9.32. The number of aryl methyl sites for hydroxylation is 2. The number of rotatable bonds is 7. The van der Waals surface area contributed by atoms with Crippen molar-refractivity contribution in [1.82, 2.24) is 24.5 Å². The van der Waals surface area contributed by atoms with Gasteiger partial charge >= 0.3 is 0 Å². The summed E-state index contributed by atoms with van der Waals surface area (Å²) in [5.41, 5.74) is 3.47. The third kappa shape index (κ3) is 4.11. The van der Waals surface area contributed by atoms with Gasteiger partial charge in [-0.1, -0.05) is 48.5 Å². The molecule has 0 amide bonds. The van der Waals surface area contributed by atoms with E-state index < -0.39 is 0 Å². The number of hydrogen-bond acceptors (Lipinski definition) is 6. The van der Waals surface area contributed by atoms with Crippen molar-refractivity contribution in [3.8, 4) is 17.1 Å². The topological polar surface area (TPSA) is 78.7 Å². The van der Waals surface area contributed by atoms with Crippen LogP contribution in [0.5, 0.6) is 0 Å². The number of para-hydroxylation sites is 1. The number of thioether (sulfide) groups is 1. The number of aromatic nitrogens is 5. The summed E-state index contributed by atoms with van der Waals surface area (Å²) in [5.74, 6) is 2.41. The number of fused-ring (bicyclic) bond motifs is 3. The van der Waals surface area contributed by atoms with Gasteiger partial charge in [-0.2, -0.15) is 4.68 Å². The van der Waals surface area contributed by atoms with E-state index in [1.807, 2.05) is 36.4 Å². The Kier molecular flexibility index (Phi) is 6.12. The molecule has 2 aromatic rings. The minimum atomic E-state index is -0.0713. The van der Waals surface area contributed by atoms with Crippen LogP contribution in [0.4, 0.5) is 0 Å². The number of hydrogen-bond donors (Lipinski definition) is 0. The minimum Gasteiger partial charge on any atom is -0.361 e. The first-order valence-corrected chi connectivity index (χ1v) is 12.4. The van der Waals surface area contributed by atoms with Crippen LogP contribution in [0, 0.1) is 0 Å². The molecule has 3 aliphatic rings. The molecule has 0 atom stereocenters. The van der Waals surface area contributed by atoms with Gasteiger partial charge in [0.05, 0.1) is 11.4 Å². The van der Waals surface area contributed by atoms with Crippen LogP contribution in [-0.2, 0) is 25.8 Å². The lowest BCUT2D eigenvalue weighted by atomic mass is 10.1. The minimum absolute atomic E-state index is 0.0713. The SMILES string of the molecule is CCc1cc(CCCSc2nc3nn(-c4ccccc4)c(=O)c-3c3n2CCCCC3)on1. The van der Waals surface area contributed by atoms with Crippen LogP contribution < -0.4 is 5.56 Å². The van der Waals surface area contributed by atoms with E-state index in [1.54, 1.807) is 11.8 Å². The Morgan fingerprint density at radius 3 is 2.84 bits per heavy atom. The monoisotopic (exact) mass is 449 g/mol. The first-order chi connectivity index (χ1) is 15.7. The van der Waals surface area contributed by atoms with E-state index in [0.29, 0.717) is 11.4 Å². The molecule has 1 aromatic heterocycles.